The SMILES string of the molecule is COc1cc(/C=C2\SC(=O)N(CC(=O)Nc3ccccc3)C2=O)cc(Cl)c1OCc1cccc([N+](=O)[O-])c1. The zero-order valence-corrected chi connectivity index (χ0v) is 21.5. The summed E-state index contributed by atoms with van der Waals surface area (Å²) in [6.45, 7) is -0.424. The first-order valence-electron chi connectivity index (χ1n) is 11.1. The van der Waals surface area contributed by atoms with Crippen LogP contribution in [0, 0.1) is 10.1 Å². The van der Waals surface area contributed by atoms with Crippen LogP contribution < -0.4 is 14.8 Å². The summed E-state index contributed by atoms with van der Waals surface area (Å²) >= 11 is 7.13. The number of methoxy groups -OCH3 is 1. The molecule has 1 fully saturated rings. The van der Waals surface area contributed by atoms with Crippen LogP contribution in [0.1, 0.15) is 11.1 Å². The Balaban J connectivity index is 1.47. The third-order valence-corrected chi connectivity index (χ3v) is 6.48. The molecule has 3 aromatic carbocycles. The zero-order valence-electron chi connectivity index (χ0n) is 19.9. The maximum Gasteiger partial charge on any atom is 0.294 e. The minimum Gasteiger partial charge on any atom is -0.493 e. The molecule has 0 aliphatic carbocycles. The standard InChI is InChI=1S/C26H20ClN3O7S/c1-36-21-12-17(11-20(27)24(21)37-15-16-6-5-9-19(10-16)30(34)35)13-22-25(32)29(26(33)38-22)14-23(31)28-18-7-3-2-4-8-18/h2-13H,14-15H2,1H3,(H,28,31)/b22-13-. The molecule has 0 aromatic heterocycles. The summed E-state index contributed by atoms with van der Waals surface area (Å²) in [6.07, 6.45) is 1.47. The maximum atomic E-state index is 12.8. The predicted molar refractivity (Wildman–Crippen MR) is 143 cm³/mol. The number of carbonyl (C=O) groups excluding carboxylic acids is 3. The summed E-state index contributed by atoms with van der Waals surface area (Å²) in [5.74, 6) is -0.641. The summed E-state index contributed by atoms with van der Waals surface area (Å²) in [4.78, 5) is 49.1. The summed E-state index contributed by atoms with van der Waals surface area (Å²) in [7, 11) is 1.41. The molecule has 4 rings (SSSR count). The molecule has 0 radical (unpaired) electrons. The maximum absolute atomic E-state index is 12.8. The van der Waals surface area contributed by atoms with Crippen LogP contribution in [0.15, 0.2) is 71.6 Å². The number of hydrogen-bond donors (Lipinski definition) is 1. The number of rotatable bonds is 9. The Labute approximate surface area is 226 Å². The summed E-state index contributed by atoms with van der Waals surface area (Å²) in [6, 6.07) is 17.8. The molecule has 0 unspecified atom stereocenters. The molecule has 194 valence electrons. The van der Waals surface area contributed by atoms with Gasteiger partial charge in [0.2, 0.25) is 5.91 Å². The molecule has 1 aliphatic rings. The van der Waals surface area contributed by atoms with Crippen LogP contribution in [0.4, 0.5) is 16.2 Å². The van der Waals surface area contributed by atoms with E-state index in [1.54, 1.807) is 48.5 Å². The quantitative estimate of drug-likeness (QED) is 0.209. The molecule has 38 heavy (non-hydrogen) atoms. The highest BCUT2D eigenvalue weighted by Gasteiger charge is 2.36. The Kier molecular flexibility index (Phi) is 8.29. The van der Waals surface area contributed by atoms with Crippen molar-refractivity contribution in [2.75, 3.05) is 19.0 Å². The Morgan fingerprint density at radius 1 is 1.13 bits per heavy atom. The molecule has 0 spiro atoms. The van der Waals surface area contributed by atoms with Crippen molar-refractivity contribution < 1.29 is 28.8 Å². The number of imide groups is 1. The van der Waals surface area contributed by atoms with E-state index in [-0.39, 0.29) is 33.7 Å². The van der Waals surface area contributed by atoms with Gasteiger partial charge >= 0.3 is 0 Å². The molecule has 10 nitrogen and oxygen atoms in total. The van der Waals surface area contributed by atoms with Gasteiger partial charge in [0.1, 0.15) is 13.2 Å². The van der Waals surface area contributed by atoms with Gasteiger partial charge in [-0.2, -0.15) is 0 Å². The van der Waals surface area contributed by atoms with Gasteiger partial charge in [-0.15, -0.1) is 0 Å². The van der Waals surface area contributed by atoms with Crippen molar-refractivity contribution in [2.45, 2.75) is 6.61 Å². The highest BCUT2D eigenvalue weighted by atomic mass is 35.5. The number of carbonyl (C=O) groups is 3. The third-order valence-electron chi connectivity index (χ3n) is 5.29. The summed E-state index contributed by atoms with van der Waals surface area (Å²) < 4.78 is 11.2. The normalized spacial score (nSPS) is 14.1. The van der Waals surface area contributed by atoms with E-state index in [2.05, 4.69) is 5.32 Å². The number of nitrogens with one attached hydrogen (secondary N) is 1. The van der Waals surface area contributed by atoms with Crippen molar-refractivity contribution >= 4 is 57.9 Å². The molecule has 1 heterocycles. The van der Waals surface area contributed by atoms with E-state index >= 15 is 0 Å². The second kappa shape index (κ2) is 11.8. The lowest BCUT2D eigenvalue weighted by molar-refractivity contribution is -0.384. The number of anilines is 1. The van der Waals surface area contributed by atoms with Gasteiger partial charge < -0.3 is 14.8 Å². The van der Waals surface area contributed by atoms with Crippen LogP contribution >= 0.6 is 23.4 Å². The number of nitrogens with zero attached hydrogens (tertiary/aromatic N) is 2. The second-order valence-corrected chi connectivity index (χ2v) is 9.33. The minimum absolute atomic E-state index is 0.00103. The van der Waals surface area contributed by atoms with Gasteiger partial charge in [-0.05, 0) is 53.2 Å². The van der Waals surface area contributed by atoms with E-state index in [0.717, 1.165) is 4.90 Å². The number of nitro groups is 1. The summed E-state index contributed by atoms with van der Waals surface area (Å²) in [5, 5.41) is 13.2. The first-order valence-corrected chi connectivity index (χ1v) is 12.3. The van der Waals surface area contributed by atoms with E-state index in [0.29, 0.717) is 28.6 Å². The van der Waals surface area contributed by atoms with E-state index in [1.807, 2.05) is 0 Å². The first-order chi connectivity index (χ1) is 18.2. The monoisotopic (exact) mass is 553 g/mol. The number of halogens is 1. The number of non-ortho nitro benzene ring substituents is 1. The predicted octanol–water partition coefficient (Wildman–Crippen LogP) is 5.51. The highest BCUT2D eigenvalue weighted by molar-refractivity contribution is 8.18. The molecular formula is C26H20ClN3O7S. The Hall–Kier alpha value is -4.35. The Bertz CT molecular complexity index is 1450. The number of hydrogen-bond acceptors (Lipinski definition) is 8. The van der Waals surface area contributed by atoms with Crippen molar-refractivity contribution in [1.29, 1.82) is 0 Å². The van der Waals surface area contributed by atoms with Crippen LogP contribution in [-0.2, 0) is 16.2 Å². The average molecular weight is 554 g/mol. The third kappa shape index (κ3) is 6.31. The lowest BCUT2D eigenvalue weighted by atomic mass is 10.1. The molecule has 12 heteroatoms. The topological polar surface area (TPSA) is 128 Å². The van der Waals surface area contributed by atoms with Crippen molar-refractivity contribution in [2.24, 2.45) is 0 Å². The number of amides is 3. The fourth-order valence-electron chi connectivity index (χ4n) is 3.53. The molecular weight excluding hydrogens is 534 g/mol. The summed E-state index contributed by atoms with van der Waals surface area (Å²) in [5.41, 5.74) is 1.51. The molecule has 0 atom stereocenters. The van der Waals surface area contributed by atoms with Crippen LogP contribution in [0.5, 0.6) is 11.5 Å². The number of thioether (sulfide) groups is 1. The molecule has 1 aliphatic heterocycles. The largest absolute Gasteiger partial charge is 0.493 e. The van der Waals surface area contributed by atoms with E-state index in [9.17, 15) is 24.5 Å². The van der Waals surface area contributed by atoms with Gasteiger partial charge in [0.15, 0.2) is 11.5 Å². The molecule has 1 saturated heterocycles. The smallest absolute Gasteiger partial charge is 0.294 e. The fraction of sp³-hybridized carbons (Fsp3) is 0.115. The van der Waals surface area contributed by atoms with E-state index in [1.165, 1.54) is 31.4 Å². The van der Waals surface area contributed by atoms with Gasteiger partial charge in [0.25, 0.3) is 16.8 Å². The molecule has 1 N–H and O–H groups in total. The van der Waals surface area contributed by atoms with Gasteiger partial charge in [-0.3, -0.25) is 29.4 Å². The van der Waals surface area contributed by atoms with E-state index < -0.39 is 28.5 Å². The number of benzene rings is 3. The molecule has 0 saturated carbocycles. The van der Waals surface area contributed by atoms with Crippen molar-refractivity contribution in [1.82, 2.24) is 4.90 Å². The van der Waals surface area contributed by atoms with Gasteiger partial charge in [0, 0.05) is 17.8 Å². The van der Waals surface area contributed by atoms with Crippen molar-refractivity contribution in [3.8, 4) is 11.5 Å². The van der Waals surface area contributed by atoms with Crippen LogP contribution in [-0.4, -0.2) is 40.5 Å². The Morgan fingerprint density at radius 2 is 1.89 bits per heavy atom. The number of para-hydroxylation sites is 1. The average Bonchev–Trinajstić information content (AvgIpc) is 3.15. The molecule has 3 amide bonds. The second-order valence-electron chi connectivity index (χ2n) is 7.93. The Morgan fingerprint density at radius 3 is 2.61 bits per heavy atom. The van der Waals surface area contributed by atoms with Crippen LogP contribution in [0.3, 0.4) is 0 Å². The minimum atomic E-state index is -0.607. The lowest BCUT2D eigenvalue weighted by Gasteiger charge is -2.14. The number of ether oxygens (including phenoxy) is 2. The van der Waals surface area contributed by atoms with Crippen molar-refractivity contribution in [3.05, 3.63) is 97.9 Å². The highest BCUT2D eigenvalue weighted by Crippen LogP contribution is 2.39. The van der Waals surface area contributed by atoms with Crippen LogP contribution in [0.25, 0.3) is 6.08 Å². The lowest BCUT2D eigenvalue weighted by Crippen LogP contribution is -2.36. The zero-order chi connectivity index (χ0) is 27.2. The van der Waals surface area contributed by atoms with Gasteiger partial charge in [0.05, 0.1) is 22.0 Å². The van der Waals surface area contributed by atoms with Gasteiger partial charge in [-0.25, -0.2) is 0 Å². The van der Waals surface area contributed by atoms with Crippen LogP contribution in [0.2, 0.25) is 5.02 Å². The first kappa shape index (κ1) is 26.7. The molecule has 3 aromatic rings. The molecule has 0 bridgehead atoms. The number of nitro benzene ring substituents is 1. The van der Waals surface area contributed by atoms with Crippen molar-refractivity contribution in [3.63, 3.8) is 0 Å². The van der Waals surface area contributed by atoms with E-state index in [4.69, 9.17) is 21.1 Å². The fourth-order valence-corrected chi connectivity index (χ4v) is 4.64. The van der Waals surface area contributed by atoms with Gasteiger partial charge in [-0.1, -0.05) is 41.9 Å².